The normalized spacial score (nSPS) is 26.1. The Morgan fingerprint density at radius 1 is 1.40 bits per heavy atom. The van der Waals surface area contributed by atoms with E-state index in [4.69, 9.17) is 4.74 Å². The number of nitrogens with one attached hydrogen (secondary N) is 1. The third kappa shape index (κ3) is 4.42. The third-order valence-electron chi connectivity index (χ3n) is 5.67. The number of aryl methyl sites for hydroxylation is 1. The summed E-state index contributed by atoms with van der Waals surface area (Å²) in [5.74, 6) is 1.38. The van der Waals surface area contributed by atoms with Crippen LogP contribution in [0, 0.1) is 11.8 Å². The van der Waals surface area contributed by atoms with Crippen LogP contribution in [0.25, 0.3) is 0 Å². The maximum atomic E-state index is 12.6. The summed E-state index contributed by atoms with van der Waals surface area (Å²) in [5, 5.41) is 7.81. The van der Waals surface area contributed by atoms with Gasteiger partial charge in [-0.3, -0.25) is 9.48 Å². The summed E-state index contributed by atoms with van der Waals surface area (Å²) in [6, 6.07) is -0.131. The molecule has 6 heteroatoms. The fraction of sp³-hybridized carbons (Fsp3) is 0.789. The Morgan fingerprint density at radius 3 is 2.84 bits per heavy atom. The predicted molar refractivity (Wildman–Crippen MR) is 97.1 cm³/mol. The van der Waals surface area contributed by atoms with Crippen LogP contribution in [0.3, 0.4) is 0 Å². The summed E-state index contributed by atoms with van der Waals surface area (Å²) < 4.78 is 7.88. The van der Waals surface area contributed by atoms with Gasteiger partial charge < -0.3 is 15.0 Å². The van der Waals surface area contributed by atoms with Crippen molar-refractivity contribution in [1.82, 2.24) is 20.0 Å². The molecule has 0 spiro atoms. The van der Waals surface area contributed by atoms with Crippen LogP contribution in [-0.4, -0.2) is 52.9 Å². The maximum Gasteiger partial charge on any atom is 0.239 e. The van der Waals surface area contributed by atoms with Gasteiger partial charge in [0.2, 0.25) is 5.91 Å². The molecule has 0 aliphatic carbocycles. The first-order valence-corrected chi connectivity index (χ1v) is 9.74. The molecule has 0 bridgehead atoms. The first-order valence-electron chi connectivity index (χ1n) is 9.74. The van der Waals surface area contributed by atoms with E-state index in [1.165, 1.54) is 0 Å². The van der Waals surface area contributed by atoms with Crippen molar-refractivity contribution in [3.63, 3.8) is 0 Å². The molecule has 0 unspecified atom stereocenters. The average molecular weight is 348 g/mol. The number of piperidine rings is 1. The first kappa shape index (κ1) is 18.4. The molecule has 140 valence electrons. The molecule has 0 radical (unpaired) electrons. The number of likely N-dealkylation sites (tertiary alicyclic amines) is 1. The number of rotatable bonds is 6. The molecule has 2 aliphatic heterocycles. The van der Waals surface area contributed by atoms with Gasteiger partial charge in [-0.05, 0) is 39.0 Å². The Morgan fingerprint density at radius 2 is 2.16 bits per heavy atom. The highest BCUT2D eigenvalue weighted by Gasteiger charge is 2.32. The van der Waals surface area contributed by atoms with Gasteiger partial charge in [0.1, 0.15) is 0 Å². The minimum Gasteiger partial charge on any atom is -0.373 e. The molecule has 0 saturated carbocycles. The van der Waals surface area contributed by atoms with Gasteiger partial charge in [-0.2, -0.15) is 5.10 Å². The Bertz CT molecular complexity index is 566. The zero-order valence-electron chi connectivity index (χ0n) is 15.8. The second kappa shape index (κ2) is 8.32. The van der Waals surface area contributed by atoms with Gasteiger partial charge in [0, 0.05) is 50.5 Å². The van der Waals surface area contributed by atoms with Crippen LogP contribution >= 0.6 is 0 Å². The van der Waals surface area contributed by atoms with Crippen molar-refractivity contribution >= 4 is 5.91 Å². The number of nitrogens with zero attached hydrogens (tertiary/aromatic N) is 3. The summed E-state index contributed by atoms with van der Waals surface area (Å²) in [5.41, 5.74) is 1.15. The molecule has 2 saturated heterocycles. The molecule has 25 heavy (non-hydrogen) atoms. The molecule has 3 heterocycles. The minimum atomic E-state index is -0.131. The Kier molecular flexibility index (Phi) is 6.12. The van der Waals surface area contributed by atoms with E-state index in [0.717, 1.165) is 63.5 Å². The molecule has 3 rings (SSSR count). The molecule has 1 amide bonds. The second-order valence-electron chi connectivity index (χ2n) is 7.61. The standard InChI is InChI=1S/C19H32N4O2/c1-4-23-13-17(12-21-23)18-16(7-10-25-18)11-20-15(3)19(24)22-8-5-14(2)6-9-22/h12-16,18,20H,4-11H2,1-3H3/t15-,16+,18+/m0/s1. The molecule has 2 fully saturated rings. The summed E-state index contributed by atoms with van der Waals surface area (Å²) in [7, 11) is 0. The molecule has 3 atom stereocenters. The van der Waals surface area contributed by atoms with E-state index in [1.54, 1.807) is 0 Å². The minimum absolute atomic E-state index is 0.0888. The van der Waals surface area contributed by atoms with E-state index >= 15 is 0 Å². The number of aromatic nitrogens is 2. The monoisotopic (exact) mass is 348 g/mol. The SMILES string of the molecule is CCn1cc([C@@H]2OCC[C@@H]2CN[C@@H](C)C(=O)N2CCC(C)CC2)cn1. The molecule has 1 aromatic heterocycles. The maximum absolute atomic E-state index is 12.6. The Labute approximate surface area is 150 Å². The number of hydrogen-bond donors (Lipinski definition) is 1. The third-order valence-corrected chi connectivity index (χ3v) is 5.67. The number of hydrogen-bond acceptors (Lipinski definition) is 4. The topological polar surface area (TPSA) is 59.4 Å². The fourth-order valence-corrected chi connectivity index (χ4v) is 3.83. The van der Waals surface area contributed by atoms with Gasteiger partial charge >= 0.3 is 0 Å². The number of carbonyl (C=O) groups is 1. The Hall–Kier alpha value is -1.40. The van der Waals surface area contributed by atoms with Gasteiger partial charge in [0.25, 0.3) is 0 Å². The van der Waals surface area contributed by atoms with Crippen LogP contribution in [0.4, 0.5) is 0 Å². The highest BCUT2D eigenvalue weighted by molar-refractivity contribution is 5.81. The number of amides is 1. The van der Waals surface area contributed by atoms with Crippen LogP contribution in [0.5, 0.6) is 0 Å². The summed E-state index contributed by atoms with van der Waals surface area (Å²) in [6.45, 7) is 10.6. The van der Waals surface area contributed by atoms with Crippen molar-refractivity contribution < 1.29 is 9.53 Å². The van der Waals surface area contributed by atoms with Gasteiger partial charge in [-0.25, -0.2) is 0 Å². The van der Waals surface area contributed by atoms with E-state index in [2.05, 4.69) is 30.5 Å². The van der Waals surface area contributed by atoms with Gasteiger partial charge in [0.15, 0.2) is 0 Å². The molecule has 6 nitrogen and oxygen atoms in total. The van der Waals surface area contributed by atoms with Gasteiger partial charge in [0.05, 0.1) is 18.3 Å². The van der Waals surface area contributed by atoms with E-state index in [1.807, 2.05) is 22.7 Å². The second-order valence-corrected chi connectivity index (χ2v) is 7.61. The van der Waals surface area contributed by atoms with Crippen LogP contribution in [0.2, 0.25) is 0 Å². The number of carbonyl (C=O) groups excluding carboxylic acids is 1. The van der Waals surface area contributed by atoms with Crippen LogP contribution in [0.1, 0.15) is 51.7 Å². The van der Waals surface area contributed by atoms with Crippen molar-refractivity contribution in [3.05, 3.63) is 18.0 Å². The van der Waals surface area contributed by atoms with E-state index in [9.17, 15) is 4.79 Å². The summed E-state index contributed by atoms with van der Waals surface area (Å²) in [4.78, 5) is 14.6. The van der Waals surface area contributed by atoms with Crippen molar-refractivity contribution in [3.8, 4) is 0 Å². The predicted octanol–water partition coefficient (Wildman–Crippen LogP) is 2.22. The van der Waals surface area contributed by atoms with Crippen LogP contribution < -0.4 is 5.32 Å². The number of ether oxygens (including phenoxy) is 1. The lowest BCUT2D eigenvalue weighted by atomic mass is 9.96. The lowest BCUT2D eigenvalue weighted by Gasteiger charge is -2.32. The smallest absolute Gasteiger partial charge is 0.239 e. The van der Waals surface area contributed by atoms with Gasteiger partial charge in [-0.15, -0.1) is 0 Å². The van der Waals surface area contributed by atoms with E-state index in [0.29, 0.717) is 5.92 Å². The molecular formula is C19H32N4O2. The Balaban J connectivity index is 1.50. The fourth-order valence-electron chi connectivity index (χ4n) is 3.83. The van der Waals surface area contributed by atoms with Crippen molar-refractivity contribution in [1.29, 1.82) is 0 Å². The molecular weight excluding hydrogens is 316 g/mol. The molecule has 1 aromatic rings. The molecule has 0 aromatic carbocycles. The van der Waals surface area contributed by atoms with E-state index < -0.39 is 0 Å². The zero-order chi connectivity index (χ0) is 17.8. The lowest BCUT2D eigenvalue weighted by Crippen LogP contribution is -2.48. The lowest BCUT2D eigenvalue weighted by molar-refractivity contribution is -0.134. The van der Waals surface area contributed by atoms with Crippen molar-refractivity contribution in [2.24, 2.45) is 11.8 Å². The zero-order valence-corrected chi connectivity index (χ0v) is 15.8. The van der Waals surface area contributed by atoms with Crippen LogP contribution in [0.15, 0.2) is 12.4 Å². The molecule has 1 N–H and O–H groups in total. The van der Waals surface area contributed by atoms with Crippen LogP contribution in [-0.2, 0) is 16.1 Å². The highest BCUT2D eigenvalue weighted by atomic mass is 16.5. The summed E-state index contributed by atoms with van der Waals surface area (Å²) >= 11 is 0. The van der Waals surface area contributed by atoms with Gasteiger partial charge in [-0.1, -0.05) is 6.92 Å². The highest BCUT2D eigenvalue weighted by Crippen LogP contribution is 2.34. The largest absolute Gasteiger partial charge is 0.373 e. The molecule has 2 aliphatic rings. The summed E-state index contributed by atoms with van der Waals surface area (Å²) in [6.07, 6.45) is 7.35. The average Bonchev–Trinajstić information content (AvgIpc) is 3.28. The van der Waals surface area contributed by atoms with E-state index in [-0.39, 0.29) is 18.1 Å². The first-order chi connectivity index (χ1) is 12.1. The van der Waals surface area contributed by atoms with Crippen molar-refractivity contribution in [2.75, 3.05) is 26.2 Å². The quantitative estimate of drug-likeness (QED) is 0.856. The van der Waals surface area contributed by atoms with Crippen molar-refractivity contribution in [2.45, 2.75) is 58.7 Å².